The number of hydrogen-bond acceptors (Lipinski definition) is 3. The quantitative estimate of drug-likeness (QED) is 0.878. The summed E-state index contributed by atoms with van der Waals surface area (Å²) in [5.74, 6) is 1.04. The number of pyridine rings is 1. The van der Waals surface area contributed by atoms with Gasteiger partial charge in [0.2, 0.25) is 0 Å². The molecule has 0 spiro atoms. The molecule has 2 rings (SSSR count). The monoisotopic (exact) mass is 232 g/mol. The highest BCUT2D eigenvalue weighted by Crippen LogP contribution is 2.17. The van der Waals surface area contributed by atoms with E-state index >= 15 is 0 Å². The first kappa shape index (κ1) is 12.0. The summed E-state index contributed by atoms with van der Waals surface area (Å²) < 4.78 is 2.18. The first-order valence-electron chi connectivity index (χ1n) is 6.10. The van der Waals surface area contributed by atoms with Crippen LogP contribution in [0.1, 0.15) is 33.0 Å². The second kappa shape index (κ2) is 4.45. The molecule has 2 N–H and O–H groups in total. The topological polar surface area (TPSA) is 56.7 Å². The third kappa shape index (κ3) is 2.64. The zero-order chi connectivity index (χ0) is 12.5. The fourth-order valence-electron chi connectivity index (χ4n) is 2.01. The Bertz CT molecular complexity index is 508. The minimum atomic E-state index is -0.243. The summed E-state index contributed by atoms with van der Waals surface area (Å²) in [4.78, 5) is 9.05. The van der Waals surface area contributed by atoms with Gasteiger partial charge in [0.05, 0.1) is 0 Å². The van der Waals surface area contributed by atoms with E-state index in [0.29, 0.717) is 0 Å². The predicted molar refractivity (Wildman–Crippen MR) is 69.8 cm³/mol. The van der Waals surface area contributed by atoms with Crippen LogP contribution in [0.2, 0.25) is 0 Å². The normalized spacial score (nSPS) is 12.2. The smallest absolute Gasteiger partial charge is 0.159 e. The Kier molecular flexibility index (Phi) is 3.15. The van der Waals surface area contributed by atoms with Gasteiger partial charge in [-0.15, -0.1) is 0 Å². The van der Waals surface area contributed by atoms with Crippen molar-refractivity contribution >= 4 is 11.2 Å². The molecule has 0 amide bonds. The maximum absolute atomic E-state index is 6.08. The van der Waals surface area contributed by atoms with Gasteiger partial charge < -0.3 is 10.3 Å². The second-order valence-corrected chi connectivity index (χ2v) is 5.19. The third-order valence-corrected chi connectivity index (χ3v) is 2.64. The third-order valence-electron chi connectivity index (χ3n) is 2.64. The van der Waals surface area contributed by atoms with Gasteiger partial charge in [-0.1, -0.05) is 6.92 Å². The van der Waals surface area contributed by atoms with E-state index in [1.165, 1.54) is 0 Å². The van der Waals surface area contributed by atoms with E-state index in [4.69, 9.17) is 5.73 Å². The van der Waals surface area contributed by atoms with Crippen molar-refractivity contribution in [3.8, 4) is 0 Å². The van der Waals surface area contributed by atoms with Crippen LogP contribution in [-0.2, 0) is 13.0 Å². The zero-order valence-corrected chi connectivity index (χ0v) is 10.8. The Morgan fingerprint density at radius 3 is 2.82 bits per heavy atom. The molecule has 0 aliphatic rings. The number of aryl methyl sites for hydroxylation is 1. The molecule has 0 aromatic carbocycles. The molecule has 2 heterocycles. The van der Waals surface area contributed by atoms with E-state index in [9.17, 15) is 0 Å². The minimum Gasteiger partial charge on any atom is -0.325 e. The minimum absolute atomic E-state index is 0.243. The largest absolute Gasteiger partial charge is 0.325 e. The molecule has 2 aromatic rings. The van der Waals surface area contributed by atoms with E-state index in [2.05, 4.69) is 21.5 Å². The Hall–Kier alpha value is -1.42. The van der Waals surface area contributed by atoms with Crippen molar-refractivity contribution in [2.75, 3.05) is 0 Å². The summed E-state index contributed by atoms with van der Waals surface area (Å²) >= 11 is 0. The van der Waals surface area contributed by atoms with Crippen LogP contribution < -0.4 is 5.73 Å². The molecule has 0 aliphatic heterocycles. The molecule has 0 aliphatic carbocycles. The molecule has 0 fully saturated rings. The van der Waals surface area contributed by atoms with Gasteiger partial charge in [-0.25, -0.2) is 9.97 Å². The molecule has 0 atom stereocenters. The number of nitrogens with two attached hydrogens (primary N) is 1. The van der Waals surface area contributed by atoms with Gasteiger partial charge in [-0.05, 0) is 32.4 Å². The van der Waals surface area contributed by atoms with Crippen LogP contribution in [0.5, 0.6) is 0 Å². The predicted octanol–water partition coefficient (Wildman–Crippen LogP) is 2.12. The van der Waals surface area contributed by atoms with E-state index in [0.717, 1.165) is 36.4 Å². The average molecular weight is 232 g/mol. The van der Waals surface area contributed by atoms with Crippen molar-refractivity contribution in [1.82, 2.24) is 14.5 Å². The number of aromatic nitrogens is 3. The summed E-state index contributed by atoms with van der Waals surface area (Å²) in [5.41, 5.74) is 7.76. The molecular weight excluding hydrogens is 212 g/mol. The van der Waals surface area contributed by atoms with Crippen molar-refractivity contribution in [3.63, 3.8) is 0 Å². The van der Waals surface area contributed by atoms with Gasteiger partial charge >= 0.3 is 0 Å². The lowest BCUT2D eigenvalue weighted by molar-refractivity contribution is 0.485. The van der Waals surface area contributed by atoms with E-state index < -0.39 is 0 Å². The summed E-state index contributed by atoms with van der Waals surface area (Å²) in [5, 5.41) is 0. The number of nitrogens with zero attached hydrogens (tertiary/aromatic N) is 3. The Balaban J connectivity index is 2.49. The highest BCUT2D eigenvalue weighted by molar-refractivity contribution is 5.71. The van der Waals surface area contributed by atoms with Crippen LogP contribution in [0.15, 0.2) is 18.3 Å². The Morgan fingerprint density at radius 1 is 1.41 bits per heavy atom. The number of imidazole rings is 1. The lowest BCUT2D eigenvalue weighted by Gasteiger charge is -2.18. The molecule has 4 nitrogen and oxygen atoms in total. The molecule has 0 unspecified atom stereocenters. The van der Waals surface area contributed by atoms with Crippen LogP contribution in [-0.4, -0.2) is 20.1 Å². The standard InChI is InChI=1S/C13H20N4/c1-4-8-17-11(9-13(2,3)14)16-10-6-5-7-15-12(10)17/h5-7H,4,8-9,14H2,1-3H3. The van der Waals surface area contributed by atoms with Crippen molar-refractivity contribution < 1.29 is 0 Å². The molecule has 0 saturated carbocycles. The average Bonchev–Trinajstić information content (AvgIpc) is 2.55. The molecule has 4 heteroatoms. The van der Waals surface area contributed by atoms with Gasteiger partial charge in [0, 0.05) is 24.7 Å². The van der Waals surface area contributed by atoms with Crippen LogP contribution >= 0.6 is 0 Å². The molecule has 0 radical (unpaired) electrons. The van der Waals surface area contributed by atoms with Crippen LogP contribution in [0.4, 0.5) is 0 Å². The van der Waals surface area contributed by atoms with Gasteiger partial charge in [0.25, 0.3) is 0 Å². The number of rotatable bonds is 4. The Labute approximate surface area is 102 Å². The summed E-state index contributed by atoms with van der Waals surface area (Å²) in [6.45, 7) is 7.15. The number of fused-ring (bicyclic) bond motifs is 1. The lowest BCUT2D eigenvalue weighted by atomic mass is 10.0. The molecule has 0 bridgehead atoms. The van der Waals surface area contributed by atoms with Crippen molar-refractivity contribution in [2.24, 2.45) is 5.73 Å². The van der Waals surface area contributed by atoms with E-state index in [-0.39, 0.29) is 5.54 Å². The van der Waals surface area contributed by atoms with Gasteiger partial charge in [0.15, 0.2) is 5.65 Å². The zero-order valence-electron chi connectivity index (χ0n) is 10.8. The van der Waals surface area contributed by atoms with Gasteiger partial charge in [-0.2, -0.15) is 0 Å². The SMILES string of the molecule is CCCn1c(CC(C)(C)N)nc2cccnc21. The molecule has 17 heavy (non-hydrogen) atoms. The summed E-state index contributed by atoms with van der Waals surface area (Å²) in [6, 6.07) is 3.92. The fourth-order valence-corrected chi connectivity index (χ4v) is 2.01. The van der Waals surface area contributed by atoms with Crippen LogP contribution in [0.25, 0.3) is 11.2 Å². The van der Waals surface area contributed by atoms with Crippen LogP contribution in [0.3, 0.4) is 0 Å². The summed E-state index contributed by atoms with van der Waals surface area (Å²) in [7, 11) is 0. The van der Waals surface area contributed by atoms with Crippen LogP contribution in [0, 0.1) is 0 Å². The van der Waals surface area contributed by atoms with Gasteiger partial charge in [0.1, 0.15) is 11.3 Å². The molecular formula is C13H20N4. The second-order valence-electron chi connectivity index (χ2n) is 5.19. The first-order chi connectivity index (χ1) is 8.01. The fraction of sp³-hybridized carbons (Fsp3) is 0.538. The van der Waals surface area contributed by atoms with E-state index in [1.54, 1.807) is 0 Å². The number of hydrogen-bond donors (Lipinski definition) is 1. The van der Waals surface area contributed by atoms with E-state index in [1.807, 2.05) is 32.2 Å². The van der Waals surface area contributed by atoms with Crippen molar-refractivity contribution in [1.29, 1.82) is 0 Å². The maximum atomic E-state index is 6.08. The maximum Gasteiger partial charge on any atom is 0.159 e. The first-order valence-corrected chi connectivity index (χ1v) is 6.10. The van der Waals surface area contributed by atoms with Crippen molar-refractivity contribution in [2.45, 2.75) is 45.7 Å². The lowest BCUT2D eigenvalue weighted by Crippen LogP contribution is -2.35. The van der Waals surface area contributed by atoms with Crippen molar-refractivity contribution in [3.05, 3.63) is 24.2 Å². The molecule has 2 aromatic heterocycles. The highest BCUT2D eigenvalue weighted by atomic mass is 15.1. The van der Waals surface area contributed by atoms with Gasteiger partial charge in [-0.3, -0.25) is 0 Å². The molecule has 0 saturated heterocycles. The Morgan fingerprint density at radius 2 is 2.18 bits per heavy atom. The highest BCUT2D eigenvalue weighted by Gasteiger charge is 2.18. The molecule has 92 valence electrons. The summed E-state index contributed by atoms with van der Waals surface area (Å²) in [6.07, 6.45) is 3.65.